The van der Waals surface area contributed by atoms with Gasteiger partial charge in [-0.25, -0.2) is 4.79 Å². The standard InChI is InChI=1S/C25H26O4/c1-25-13-12-18-17-9-7-16(29-24(28)20-4-2-3-5-22(20)26)14-15(17)6-8-19(18)21(25)10-11-23(25)27/h2-5,7,9,14,18-19,21,26H,6,8,10-13H2,1H3/t18-,19-,21+,25+/m1/s1. The first-order valence-electron chi connectivity index (χ1n) is 10.6. The normalized spacial score (nSPS) is 30.2. The minimum Gasteiger partial charge on any atom is -0.507 e. The number of hydrogen-bond donors (Lipinski definition) is 1. The number of phenols is 1. The van der Waals surface area contributed by atoms with Crippen LogP contribution in [0.1, 0.15) is 66.4 Å². The van der Waals surface area contributed by atoms with Crippen molar-refractivity contribution in [2.75, 3.05) is 0 Å². The monoisotopic (exact) mass is 390 g/mol. The second-order valence-corrected chi connectivity index (χ2v) is 9.10. The van der Waals surface area contributed by atoms with Gasteiger partial charge in [-0.3, -0.25) is 4.79 Å². The molecule has 0 amide bonds. The van der Waals surface area contributed by atoms with E-state index in [0.717, 1.165) is 38.5 Å². The van der Waals surface area contributed by atoms with E-state index in [0.29, 0.717) is 29.3 Å². The lowest BCUT2D eigenvalue weighted by atomic mass is 9.55. The van der Waals surface area contributed by atoms with Crippen LogP contribution < -0.4 is 4.74 Å². The summed E-state index contributed by atoms with van der Waals surface area (Å²) in [5.74, 6) is 1.98. The summed E-state index contributed by atoms with van der Waals surface area (Å²) >= 11 is 0. The summed E-state index contributed by atoms with van der Waals surface area (Å²) < 4.78 is 5.54. The fourth-order valence-corrected chi connectivity index (χ4v) is 6.20. The third-order valence-electron chi connectivity index (χ3n) is 7.74. The van der Waals surface area contributed by atoms with Crippen molar-refractivity contribution < 1.29 is 19.4 Å². The van der Waals surface area contributed by atoms with Crippen molar-refractivity contribution in [2.24, 2.45) is 17.3 Å². The first kappa shape index (κ1) is 18.4. The van der Waals surface area contributed by atoms with Gasteiger partial charge in [-0.1, -0.05) is 25.1 Å². The van der Waals surface area contributed by atoms with Gasteiger partial charge in [0.25, 0.3) is 0 Å². The van der Waals surface area contributed by atoms with Crippen molar-refractivity contribution in [3.8, 4) is 11.5 Å². The third-order valence-corrected chi connectivity index (χ3v) is 7.74. The van der Waals surface area contributed by atoms with E-state index in [1.807, 2.05) is 12.1 Å². The molecular formula is C25H26O4. The minimum atomic E-state index is -0.547. The van der Waals surface area contributed by atoms with Crippen molar-refractivity contribution in [1.82, 2.24) is 0 Å². The van der Waals surface area contributed by atoms with Crippen molar-refractivity contribution in [3.63, 3.8) is 0 Å². The summed E-state index contributed by atoms with van der Waals surface area (Å²) in [6, 6.07) is 12.4. The first-order chi connectivity index (χ1) is 14.0. The molecule has 0 heterocycles. The van der Waals surface area contributed by atoms with Crippen LogP contribution in [0.2, 0.25) is 0 Å². The van der Waals surface area contributed by atoms with Crippen molar-refractivity contribution >= 4 is 11.8 Å². The van der Waals surface area contributed by atoms with Gasteiger partial charge in [-0.15, -0.1) is 0 Å². The summed E-state index contributed by atoms with van der Waals surface area (Å²) in [6.07, 6.45) is 5.90. The maximum absolute atomic E-state index is 12.5. The molecule has 2 fully saturated rings. The SMILES string of the molecule is C[C@]12CC[C@@H]3c4ccc(OC(=O)c5ccccc5O)cc4CC[C@H]3[C@@H]1CCC2=O. The Morgan fingerprint density at radius 2 is 1.93 bits per heavy atom. The Hall–Kier alpha value is -2.62. The number of benzene rings is 2. The Morgan fingerprint density at radius 1 is 1.10 bits per heavy atom. The van der Waals surface area contributed by atoms with Gasteiger partial charge in [0.05, 0.1) is 0 Å². The summed E-state index contributed by atoms with van der Waals surface area (Å²) in [5, 5.41) is 9.87. The van der Waals surface area contributed by atoms with Gasteiger partial charge in [0, 0.05) is 11.8 Å². The van der Waals surface area contributed by atoms with E-state index < -0.39 is 5.97 Å². The third kappa shape index (κ3) is 2.88. The number of phenolic OH excluding ortho intramolecular Hbond substituents is 1. The molecule has 4 heteroatoms. The van der Waals surface area contributed by atoms with Crippen molar-refractivity contribution in [3.05, 3.63) is 59.2 Å². The Morgan fingerprint density at radius 3 is 2.76 bits per heavy atom. The van der Waals surface area contributed by atoms with Crippen LogP contribution in [0.3, 0.4) is 0 Å². The van der Waals surface area contributed by atoms with Crippen LogP contribution in [-0.4, -0.2) is 16.9 Å². The molecule has 0 radical (unpaired) electrons. The van der Waals surface area contributed by atoms with E-state index in [1.54, 1.807) is 18.2 Å². The number of esters is 1. The average molecular weight is 390 g/mol. The van der Waals surface area contributed by atoms with E-state index in [2.05, 4.69) is 13.0 Å². The lowest BCUT2D eigenvalue weighted by Gasteiger charge is -2.48. The van der Waals surface area contributed by atoms with Crippen LogP contribution in [0, 0.1) is 17.3 Å². The number of fused-ring (bicyclic) bond motifs is 5. The largest absolute Gasteiger partial charge is 0.507 e. The van der Waals surface area contributed by atoms with Crippen molar-refractivity contribution in [2.45, 2.75) is 51.4 Å². The number of para-hydroxylation sites is 1. The fourth-order valence-electron chi connectivity index (χ4n) is 6.20. The number of carbonyl (C=O) groups is 2. The Kier molecular flexibility index (Phi) is 4.27. The molecule has 2 aromatic carbocycles. The van der Waals surface area contributed by atoms with Crippen LogP contribution in [0.25, 0.3) is 0 Å². The number of hydrogen-bond acceptors (Lipinski definition) is 4. The summed E-state index contributed by atoms with van der Waals surface area (Å²) in [5.41, 5.74) is 2.68. The molecule has 3 aliphatic rings. The molecule has 0 saturated heterocycles. The van der Waals surface area contributed by atoms with Crippen LogP contribution in [0.15, 0.2) is 42.5 Å². The summed E-state index contributed by atoms with van der Waals surface area (Å²) in [4.78, 5) is 24.9. The molecule has 0 aliphatic heterocycles. The highest BCUT2D eigenvalue weighted by Gasteiger charge is 2.54. The highest BCUT2D eigenvalue weighted by atomic mass is 16.5. The zero-order chi connectivity index (χ0) is 20.2. The van der Waals surface area contributed by atoms with Gasteiger partial charge < -0.3 is 9.84 Å². The van der Waals surface area contributed by atoms with Gasteiger partial charge in [0.15, 0.2) is 0 Å². The zero-order valence-corrected chi connectivity index (χ0v) is 16.7. The number of Topliss-reactive ketones (excluding diaryl/α,β-unsaturated/α-hetero) is 1. The molecule has 0 spiro atoms. The van der Waals surface area contributed by atoms with E-state index in [4.69, 9.17) is 4.74 Å². The van der Waals surface area contributed by atoms with Crippen LogP contribution in [0.5, 0.6) is 11.5 Å². The lowest BCUT2D eigenvalue weighted by molar-refractivity contribution is -0.129. The Bertz CT molecular complexity index is 994. The quantitative estimate of drug-likeness (QED) is 0.577. The summed E-state index contributed by atoms with van der Waals surface area (Å²) in [7, 11) is 0. The zero-order valence-electron chi connectivity index (χ0n) is 16.7. The lowest BCUT2D eigenvalue weighted by Crippen LogP contribution is -2.42. The van der Waals surface area contributed by atoms with Gasteiger partial charge in [0.2, 0.25) is 0 Å². The molecule has 2 saturated carbocycles. The van der Waals surface area contributed by atoms with Crippen LogP contribution in [0.4, 0.5) is 0 Å². The number of aryl methyl sites for hydroxylation is 1. The smallest absolute Gasteiger partial charge is 0.347 e. The number of aromatic hydroxyl groups is 1. The molecule has 4 nitrogen and oxygen atoms in total. The molecule has 0 unspecified atom stereocenters. The Balaban J connectivity index is 1.38. The molecule has 1 N–H and O–H groups in total. The molecule has 29 heavy (non-hydrogen) atoms. The fraction of sp³-hybridized carbons (Fsp3) is 0.440. The molecular weight excluding hydrogens is 364 g/mol. The maximum Gasteiger partial charge on any atom is 0.347 e. The van der Waals surface area contributed by atoms with Crippen molar-refractivity contribution in [1.29, 1.82) is 0 Å². The highest BCUT2D eigenvalue weighted by molar-refractivity contribution is 5.93. The van der Waals surface area contributed by atoms with Gasteiger partial charge >= 0.3 is 5.97 Å². The van der Waals surface area contributed by atoms with Gasteiger partial charge in [0.1, 0.15) is 22.8 Å². The predicted octanol–water partition coefficient (Wildman–Crippen LogP) is 5.04. The van der Waals surface area contributed by atoms with E-state index in [-0.39, 0.29) is 16.7 Å². The summed E-state index contributed by atoms with van der Waals surface area (Å²) in [6.45, 7) is 2.19. The van der Waals surface area contributed by atoms with E-state index in [1.165, 1.54) is 17.2 Å². The number of carbonyl (C=O) groups excluding carboxylic acids is 2. The molecule has 4 atom stereocenters. The van der Waals surface area contributed by atoms with Gasteiger partial charge in [-0.05, 0) is 85.3 Å². The molecule has 0 bridgehead atoms. The topological polar surface area (TPSA) is 63.6 Å². The minimum absolute atomic E-state index is 0.0744. The Labute approximate surface area is 170 Å². The second kappa shape index (κ2) is 6.72. The molecule has 0 aromatic heterocycles. The average Bonchev–Trinajstić information content (AvgIpc) is 3.02. The van der Waals surface area contributed by atoms with E-state index in [9.17, 15) is 14.7 Å². The maximum atomic E-state index is 12.5. The van der Waals surface area contributed by atoms with Gasteiger partial charge in [-0.2, -0.15) is 0 Å². The first-order valence-corrected chi connectivity index (χ1v) is 10.6. The molecule has 150 valence electrons. The van der Waals surface area contributed by atoms with Crippen LogP contribution in [-0.2, 0) is 11.2 Å². The molecule has 3 aliphatic carbocycles. The number of ketones is 1. The number of rotatable bonds is 2. The molecule has 5 rings (SSSR count). The van der Waals surface area contributed by atoms with E-state index >= 15 is 0 Å². The molecule has 2 aromatic rings. The second-order valence-electron chi connectivity index (χ2n) is 9.10. The van der Waals surface area contributed by atoms with Crippen LogP contribution >= 0.6 is 0 Å². The predicted molar refractivity (Wildman–Crippen MR) is 109 cm³/mol. The number of ether oxygens (including phenoxy) is 1. The highest BCUT2D eigenvalue weighted by Crippen LogP contribution is 2.59.